The molecule has 0 unspecified atom stereocenters. The molecule has 0 bridgehead atoms. The van der Waals surface area contributed by atoms with E-state index in [9.17, 15) is 9.59 Å². The molecule has 206 valence electrons. The zero-order chi connectivity index (χ0) is 28.3. The fourth-order valence-electron chi connectivity index (χ4n) is 4.34. The van der Waals surface area contributed by atoms with E-state index in [2.05, 4.69) is 4.99 Å². The summed E-state index contributed by atoms with van der Waals surface area (Å²) < 4.78 is 24.2. The highest BCUT2D eigenvalue weighted by Crippen LogP contribution is 2.37. The Bertz CT molecular complexity index is 1590. The van der Waals surface area contributed by atoms with Gasteiger partial charge in [0.1, 0.15) is 5.75 Å². The van der Waals surface area contributed by atoms with Crippen molar-refractivity contribution >= 4 is 35.0 Å². The molecule has 0 radical (unpaired) electrons. The first-order valence-corrected chi connectivity index (χ1v) is 13.8. The van der Waals surface area contributed by atoms with Crippen molar-refractivity contribution in [3.8, 4) is 17.2 Å². The third kappa shape index (κ3) is 5.89. The summed E-state index contributed by atoms with van der Waals surface area (Å²) in [6.45, 7) is 9.94. The molecule has 0 N–H and O–H groups in total. The van der Waals surface area contributed by atoms with E-state index in [0.717, 1.165) is 5.56 Å². The molecule has 3 aromatic rings. The Morgan fingerprint density at radius 1 is 1.18 bits per heavy atom. The third-order valence-electron chi connectivity index (χ3n) is 5.93. The number of nitrogens with zero attached hydrogens (tertiary/aromatic N) is 2. The molecule has 1 aliphatic rings. The van der Waals surface area contributed by atoms with Gasteiger partial charge in [0.05, 0.1) is 53.3 Å². The van der Waals surface area contributed by atoms with Crippen LogP contribution in [-0.2, 0) is 9.53 Å². The topological polar surface area (TPSA) is 88.4 Å². The van der Waals surface area contributed by atoms with Gasteiger partial charge in [-0.15, -0.1) is 0 Å². The van der Waals surface area contributed by atoms with Gasteiger partial charge in [0, 0.05) is 0 Å². The van der Waals surface area contributed by atoms with Crippen LogP contribution in [0.2, 0.25) is 5.02 Å². The van der Waals surface area contributed by atoms with Gasteiger partial charge in [-0.05, 0) is 76.1 Å². The van der Waals surface area contributed by atoms with Crippen LogP contribution in [0.15, 0.2) is 57.5 Å². The van der Waals surface area contributed by atoms with Crippen LogP contribution in [0.3, 0.4) is 0 Å². The van der Waals surface area contributed by atoms with Gasteiger partial charge in [0.15, 0.2) is 16.3 Å². The fraction of sp³-hybridized carbons (Fsp3) is 0.345. The van der Waals surface area contributed by atoms with Crippen molar-refractivity contribution in [3.63, 3.8) is 0 Å². The van der Waals surface area contributed by atoms with Crippen molar-refractivity contribution in [1.82, 2.24) is 4.57 Å². The van der Waals surface area contributed by atoms with Crippen molar-refractivity contribution in [3.05, 3.63) is 83.5 Å². The normalized spacial score (nSPS) is 15.2. The van der Waals surface area contributed by atoms with Crippen molar-refractivity contribution in [2.24, 2.45) is 4.99 Å². The Morgan fingerprint density at radius 2 is 1.90 bits per heavy atom. The first-order valence-electron chi connectivity index (χ1n) is 12.6. The first kappa shape index (κ1) is 28.4. The molecule has 0 fully saturated rings. The Morgan fingerprint density at radius 3 is 2.51 bits per heavy atom. The van der Waals surface area contributed by atoms with Crippen molar-refractivity contribution in [2.45, 2.75) is 46.8 Å². The Kier molecular flexibility index (Phi) is 8.82. The van der Waals surface area contributed by atoms with Gasteiger partial charge in [-0.3, -0.25) is 9.36 Å². The number of benzene rings is 2. The zero-order valence-corrected chi connectivity index (χ0v) is 24.3. The predicted molar refractivity (Wildman–Crippen MR) is 152 cm³/mol. The zero-order valence-electron chi connectivity index (χ0n) is 22.7. The number of thiazole rings is 1. The maximum atomic E-state index is 13.8. The van der Waals surface area contributed by atoms with E-state index >= 15 is 0 Å². The van der Waals surface area contributed by atoms with E-state index in [0.29, 0.717) is 55.0 Å². The standard InChI is InChI=1S/C29H31ClN2O6S/c1-7-36-20-11-9-19(10-12-20)25-24(28(34)37-8-2)17(5)31-29-32(25)27(33)23(39-29)15-18-13-21(30)26(38-16(3)4)22(14-18)35-6/h9-16,25H,7-8H2,1-6H3/b23-15-/t25-/m1/s1. The molecule has 2 heterocycles. The predicted octanol–water partition coefficient (Wildman–Crippen LogP) is 4.65. The highest BCUT2D eigenvalue weighted by atomic mass is 35.5. The number of fused-ring (bicyclic) bond motifs is 1. The minimum absolute atomic E-state index is 0.0922. The molecule has 0 saturated carbocycles. The molecular weight excluding hydrogens is 540 g/mol. The lowest BCUT2D eigenvalue weighted by Gasteiger charge is -2.24. The molecule has 1 aromatic heterocycles. The SMILES string of the molecule is CCOC(=O)C1=C(C)N=c2s/c(=C\c3cc(Cl)c(OC(C)C)c(OC)c3)c(=O)n2[C@@H]1c1ccc(OCC)cc1. The Hall–Kier alpha value is -3.56. The van der Waals surface area contributed by atoms with Crippen LogP contribution in [0.4, 0.5) is 0 Å². The molecule has 0 spiro atoms. The van der Waals surface area contributed by atoms with Gasteiger partial charge in [-0.2, -0.15) is 0 Å². The molecule has 0 saturated heterocycles. The molecule has 39 heavy (non-hydrogen) atoms. The van der Waals surface area contributed by atoms with Gasteiger partial charge in [0.2, 0.25) is 0 Å². The lowest BCUT2D eigenvalue weighted by Crippen LogP contribution is -2.39. The number of carbonyl (C=O) groups is 1. The van der Waals surface area contributed by atoms with E-state index in [-0.39, 0.29) is 18.3 Å². The number of methoxy groups -OCH3 is 1. The Labute approximate surface area is 235 Å². The molecule has 8 nitrogen and oxygen atoms in total. The molecule has 0 aliphatic carbocycles. The van der Waals surface area contributed by atoms with Crippen LogP contribution in [0.1, 0.15) is 51.8 Å². The molecule has 10 heteroatoms. The Balaban J connectivity index is 1.89. The first-order chi connectivity index (χ1) is 18.7. The number of halogens is 1. The van der Waals surface area contributed by atoms with E-state index in [1.54, 1.807) is 36.6 Å². The van der Waals surface area contributed by atoms with Crippen LogP contribution < -0.4 is 29.1 Å². The highest BCUT2D eigenvalue weighted by molar-refractivity contribution is 7.07. The average Bonchev–Trinajstić information content (AvgIpc) is 3.19. The summed E-state index contributed by atoms with van der Waals surface area (Å²) in [6.07, 6.45) is 1.64. The van der Waals surface area contributed by atoms with Gasteiger partial charge >= 0.3 is 5.97 Å². The van der Waals surface area contributed by atoms with Gasteiger partial charge in [-0.1, -0.05) is 35.1 Å². The number of ether oxygens (including phenoxy) is 4. The van der Waals surface area contributed by atoms with Gasteiger partial charge < -0.3 is 18.9 Å². The van der Waals surface area contributed by atoms with E-state index < -0.39 is 12.0 Å². The molecular formula is C29H31ClN2O6S. The summed E-state index contributed by atoms with van der Waals surface area (Å²) in [6, 6.07) is 10.1. The maximum Gasteiger partial charge on any atom is 0.338 e. The molecule has 1 atom stereocenters. The van der Waals surface area contributed by atoms with E-state index in [1.807, 2.05) is 45.0 Å². The quantitative estimate of drug-likeness (QED) is 0.348. The van der Waals surface area contributed by atoms with Crippen LogP contribution in [0.5, 0.6) is 17.2 Å². The van der Waals surface area contributed by atoms with Crippen LogP contribution in [0, 0.1) is 0 Å². The van der Waals surface area contributed by atoms with Crippen LogP contribution >= 0.6 is 22.9 Å². The van der Waals surface area contributed by atoms with Crippen LogP contribution in [-0.4, -0.2) is 37.0 Å². The van der Waals surface area contributed by atoms with Crippen molar-refractivity contribution in [1.29, 1.82) is 0 Å². The van der Waals surface area contributed by atoms with Gasteiger partial charge in [-0.25, -0.2) is 9.79 Å². The van der Waals surface area contributed by atoms with Gasteiger partial charge in [0.25, 0.3) is 5.56 Å². The molecule has 0 amide bonds. The minimum Gasteiger partial charge on any atom is -0.494 e. The number of hydrogen-bond donors (Lipinski definition) is 0. The number of aromatic nitrogens is 1. The second kappa shape index (κ2) is 12.1. The number of allylic oxidation sites excluding steroid dienone is 1. The number of rotatable bonds is 9. The summed E-state index contributed by atoms with van der Waals surface area (Å²) >= 11 is 7.75. The molecule has 4 rings (SSSR count). The second-order valence-corrected chi connectivity index (χ2v) is 10.4. The average molecular weight is 571 g/mol. The highest BCUT2D eigenvalue weighted by Gasteiger charge is 2.33. The summed E-state index contributed by atoms with van der Waals surface area (Å²) in [5.74, 6) is 1.09. The van der Waals surface area contributed by atoms with Crippen molar-refractivity contribution in [2.75, 3.05) is 20.3 Å². The van der Waals surface area contributed by atoms with Crippen LogP contribution in [0.25, 0.3) is 6.08 Å². The number of hydrogen-bond acceptors (Lipinski definition) is 8. The lowest BCUT2D eigenvalue weighted by atomic mass is 9.96. The summed E-state index contributed by atoms with van der Waals surface area (Å²) in [7, 11) is 1.53. The van der Waals surface area contributed by atoms with E-state index in [4.69, 9.17) is 30.5 Å². The summed E-state index contributed by atoms with van der Waals surface area (Å²) in [5, 5.41) is 0.370. The lowest BCUT2D eigenvalue weighted by molar-refractivity contribution is -0.139. The second-order valence-electron chi connectivity index (χ2n) is 9.01. The molecule has 1 aliphatic heterocycles. The fourth-order valence-corrected chi connectivity index (χ4v) is 5.65. The smallest absolute Gasteiger partial charge is 0.338 e. The van der Waals surface area contributed by atoms with Crippen molar-refractivity contribution < 1.29 is 23.7 Å². The monoisotopic (exact) mass is 570 g/mol. The molecule has 2 aromatic carbocycles. The summed E-state index contributed by atoms with van der Waals surface area (Å²) in [4.78, 5) is 32.0. The maximum absolute atomic E-state index is 13.8. The number of carbonyl (C=O) groups excluding carboxylic acids is 1. The number of esters is 1. The van der Waals surface area contributed by atoms with E-state index in [1.165, 1.54) is 18.4 Å². The summed E-state index contributed by atoms with van der Waals surface area (Å²) in [5.41, 5.74) is 1.94. The minimum atomic E-state index is -0.710. The largest absolute Gasteiger partial charge is 0.494 e. The third-order valence-corrected chi connectivity index (χ3v) is 7.19.